The third kappa shape index (κ3) is 7.22. The fraction of sp³-hybridized carbons (Fsp3) is 0.192. The van der Waals surface area contributed by atoms with E-state index in [1.165, 1.54) is 20.4 Å². The summed E-state index contributed by atoms with van der Waals surface area (Å²) < 4.78 is 22.4. The Bertz CT molecular complexity index is 1230. The summed E-state index contributed by atoms with van der Waals surface area (Å²) in [5.41, 5.74) is 4.15. The number of anilines is 1. The number of carbonyl (C=O) groups is 2. The van der Waals surface area contributed by atoms with Crippen LogP contribution in [0.5, 0.6) is 23.0 Å². The quantitative estimate of drug-likeness (QED) is 0.263. The maximum atomic E-state index is 12.5. The van der Waals surface area contributed by atoms with Crippen LogP contribution >= 0.6 is 15.9 Å². The first-order valence-corrected chi connectivity index (χ1v) is 11.7. The molecule has 3 rings (SSSR count). The molecule has 0 saturated heterocycles. The highest BCUT2D eigenvalue weighted by atomic mass is 79.9. The van der Waals surface area contributed by atoms with E-state index in [2.05, 4.69) is 31.8 Å². The highest BCUT2D eigenvalue weighted by Gasteiger charge is 2.14. The maximum Gasteiger partial charge on any atom is 0.271 e. The SMILES string of the molecule is CCOc1cc(/C=N/NC(=O)c2ccc(OC)c(OC)c2)cc(Br)c1OCC(=O)Nc1ccccc1. The lowest BCUT2D eigenvalue weighted by atomic mass is 10.2. The summed E-state index contributed by atoms with van der Waals surface area (Å²) in [7, 11) is 3.01. The molecule has 0 unspecified atom stereocenters. The third-order valence-corrected chi connectivity index (χ3v) is 5.35. The third-order valence-electron chi connectivity index (χ3n) is 4.76. The number of hydrogen-bond donors (Lipinski definition) is 2. The first-order chi connectivity index (χ1) is 17.4. The molecule has 2 amide bonds. The highest BCUT2D eigenvalue weighted by Crippen LogP contribution is 2.36. The topological polar surface area (TPSA) is 107 Å². The van der Waals surface area contributed by atoms with Gasteiger partial charge in [-0.25, -0.2) is 5.43 Å². The lowest BCUT2D eigenvalue weighted by Gasteiger charge is -2.14. The number of methoxy groups -OCH3 is 2. The van der Waals surface area contributed by atoms with E-state index in [9.17, 15) is 9.59 Å². The van der Waals surface area contributed by atoms with Crippen molar-refractivity contribution >= 4 is 39.6 Å². The summed E-state index contributed by atoms with van der Waals surface area (Å²) in [5.74, 6) is 1.04. The van der Waals surface area contributed by atoms with Crippen LogP contribution in [0.1, 0.15) is 22.8 Å². The average molecular weight is 556 g/mol. The van der Waals surface area contributed by atoms with Crippen LogP contribution in [0.2, 0.25) is 0 Å². The molecule has 0 heterocycles. The molecule has 36 heavy (non-hydrogen) atoms. The number of rotatable bonds is 11. The van der Waals surface area contributed by atoms with Gasteiger partial charge >= 0.3 is 0 Å². The number of carbonyl (C=O) groups excluding carboxylic acids is 2. The Labute approximate surface area is 217 Å². The van der Waals surface area contributed by atoms with Crippen LogP contribution in [0.15, 0.2) is 70.2 Å². The number of nitrogens with one attached hydrogen (secondary N) is 2. The molecular weight excluding hydrogens is 530 g/mol. The second-order valence-electron chi connectivity index (χ2n) is 7.23. The Kier molecular flexibility index (Phi) is 9.70. The monoisotopic (exact) mass is 555 g/mol. The number of halogens is 1. The normalized spacial score (nSPS) is 10.6. The first-order valence-electron chi connectivity index (χ1n) is 10.9. The number of benzene rings is 3. The van der Waals surface area contributed by atoms with E-state index < -0.39 is 5.91 Å². The lowest BCUT2D eigenvalue weighted by Crippen LogP contribution is -2.20. The standard InChI is InChI=1S/C26H26BrN3O6/c1-4-35-23-13-17(15-28-30-26(32)18-10-11-21(33-2)22(14-18)34-3)12-20(27)25(23)36-16-24(31)29-19-8-6-5-7-9-19/h5-15H,4,16H2,1-3H3,(H,29,31)(H,30,32)/b28-15+. The largest absolute Gasteiger partial charge is 0.493 e. The molecule has 188 valence electrons. The molecule has 0 spiro atoms. The van der Waals surface area contributed by atoms with E-state index >= 15 is 0 Å². The Morgan fingerprint density at radius 1 is 0.944 bits per heavy atom. The minimum atomic E-state index is -0.416. The summed E-state index contributed by atoms with van der Waals surface area (Å²) in [6, 6.07) is 17.3. The van der Waals surface area contributed by atoms with Crippen molar-refractivity contribution in [3.8, 4) is 23.0 Å². The van der Waals surface area contributed by atoms with Gasteiger partial charge in [-0.1, -0.05) is 18.2 Å². The zero-order valence-corrected chi connectivity index (χ0v) is 21.6. The molecule has 0 aliphatic rings. The van der Waals surface area contributed by atoms with Gasteiger partial charge in [0.05, 0.1) is 31.5 Å². The van der Waals surface area contributed by atoms with Crippen molar-refractivity contribution in [2.75, 3.05) is 32.8 Å². The van der Waals surface area contributed by atoms with Crippen LogP contribution in [0.25, 0.3) is 0 Å². The second kappa shape index (κ2) is 13.1. The fourth-order valence-electron chi connectivity index (χ4n) is 3.13. The molecular formula is C26H26BrN3O6. The average Bonchev–Trinajstić information content (AvgIpc) is 2.88. The molecule has 0 saturated carbocycles. The van der Waals surface area contributed by atoms with Gasteiger partial charge < -0.3 is 24.3 Å². The van der Waals surface area contributed by atoms with Crippen LogP contribution in [-0.2, 0) is 4.79 Å². The minimum absolute atomic E-state index is 0.206. The Morgan fingerprint density at radius 2 is 1.69 bits per heavy atom. The molecule has 0 aliphatic carbocycles. The van der Waals surface area contributed by atoms with Gasteiger partial charge in [-0.3, -0.25) is 9.59 Å². The van der Waals surface area contributed by atoms with Crippen LogP contribution in [-0.4, -0.2) is 45.5 Å². The van der Waals surface area contributed by atoms with Crippen LogP contribution < -0.4 is 29.7 Å². The van der Waals surface area contributed by atoms with E-state index in [0.29, 0.717) is 50.9 Å². The predicted octanol–water partition coefficient (Wildman–Crippen LogP) is 4.65. The summed E-state index contributed by atoms with van der Waals surface area (Å²) >= 11 is 3.46. The van der Waals surface area contributed by atoms with Gasteiger partial charge in [-0.05, 0) is 70.9 Å². The highest BCUT2D eigenvalue weighted by molar-refractivity contribution is 9.10. The summed E-state index contributed by atoms with van der Waals surface area (Å²) in [6.07, 6.45) is 1.47. The zero-order chi connectivity index (χ0) is 25.9. The molecule has 0 atom stereocenters. The van der Waals surface area contributed by atoms with Gasteiger partial charge in [0.2, 0.25) is 0 Å². The minimum Gasteiger partial charge on any atom is -0.493 e. The van der Waals surface area contributed by atoms with Crippen molar-refractivity contribution in [1.82, 2.24) is 5.43 Å². The Balaban J connectivity index is 1.67. The predicted molar refractivity (Wildman–Crippen MR) is 140 cm³/mol. The van der Waals surface area contributed by atoms with Gasteiger partial charge in [-0.2, -0.15) is 5.10 Å². The number of nitrogens with zero attached hydrogens (tertiary/aromatic N) is 1. The molecule has 9 nitrogen and oxygen atoms in total. The van der Waals surface area contributed by atoms with Crippen molar-refractivity contribution in [2.24, 2.45) is 5.10 Å². The molecule has 0 radical (unpaired) electrons. The second-order valence-corrected chi connectivity index (χ2v) is 8.09. The van der Waals surface area contributed by atoms with Crippen LogP contribution in [0, 0.1) is 0 Å². The molecule has 0 bridgehead atoms. The van der Waals surface area contributed by atoms with E-state index in [-0.39, 0.29) is 12.5 Å². The lowest BCUT2D eigenvalue weighted by molar-refractivity contribution is -0.118. The Morgan fingerprint density at radius 3 is 2.39 bits per heavy atom. The van der Waals surface area contributed by atoms with E-state index in [0.717, 1.165) is 0 Å². The van der Waals surface area contributed by atoms with Crippen molar-refractivity contribution in [2.45, 2.75) is 6.92 Å². The van der Waals surface area contributed by atoms with Crippen molar-refractivity contribution in [3.63, 3.8) is 0 Å². The number of hydrazone groups is 1. The summed E-state index contributed by atoms with van der Waals surface area (Å²) in [6.45, 7) is 2.02. The summed E-state index contributed by atoms with van der Waals surface area (Å²) in [5, 5.41) is 6.79. The fourth-order valence-corrected chi connectivity index (χ4v) is 3.70. The molecule has 3 aromatic carbocycles. The molecule has 10 heteroatoms. The van der Waals surface area contributed by atoms with Gasteiger partial charge in [0, 0.05) is 11.3 Å². The molecule has 0 aliphatic heterocycles. The van der Waals surface area contributed by atoms with E-state index in [1.807, 2.05) is 25.1 Å². The zero-order valence-electron chi connectivity index (χ0n) is 20.0. The van der Waals surface area contributed by atoms with Crippen molar-refractivity contribution in [3.05, 3.63) is 76.3 Å². The molecule has 0 aromatic heterocycles. The van der Waals surface area contributed by atoms with E-state index in [4.69, 9.17) is 18.9 Å². The van der Waals surface area contributed by atoms with Gasteiger partial charge in [0.25, 0.3) is 11.8 Å². The van der Waals surface area contributed by atoms with Crippen molar-refractivity contribution in [1.29, 1.82) is 0 Å². The first kappa shape index (κ1) is 26.6. The number of amides is 2. The van der Waals surface area contributed by atoms with Crippen LogP contribution in [0.4, 0.5) is 5.69 Å². The van der Waals surface area contributed by atoms with Gasteiger partial charge in [0.15, 0.2) is 29.6 Å². The number of ether oxygens (including phenoxy) is 4. The molecule has 0 fully saturated rings. The van der Waals surface area contributed by atoms with Gasteiger partial charge in [-0.15, -0.1) is 0 Å². The van der Waals surface area contributed by atoms with Crippen LogP contribution in [0.3, 0.4) is 0 Å². The summed E-state index contributed by atoms with van der Waals surface area (Å²) in [4.78, 5) is 24.7. The smallest absolute Gasteiger partial charge is 0.271 e. The molecule has 2 N–H and O–H groups in total. The van der Waals surface area contributed by atoms with Crippen molar-refractivity contribution < 1.29 is 28.5 Å². The molecule has 3 aromatic rings. The number of para-hydroxylation sites is 1. The van der Waals surface area contributed by atoms with Gasteiger partial charge in [0.1, 0.15) is 0 Å². The van der Waals surface area contributed by atoms with E-state index in [1.54, 1.807) is 42.5 Å². The number of hydrogen-bond acceptors (Lipinski definition) is 7. The Hall–Kier alpha value is -4.05. The maximum absolute atomic E-state index is 12.5.